The highest BCUT2D eigenvalue weighted by Gasteiger charge is 2.23. The molecule has 2 heterocycles. The average Bonchev–Trinajstić information content (AvgIpc) is 3.53. The van der Waals surface area contributed by atoms with E-state index in [4.69, 9.17) is 4.74 Å². The van der Waals surface area contributed by atoms with Gasteiger partial charge in [-0.15, -0.1) is 22.7 Å². The van der Waals surface area contributed by atoms with E-state index in [0.717, 1.165) is 48.3 Å². The number of aryl methyl sites for hydroxylation is 1. The SMILES string of the molecule is N#C/C(=C\c1cc([N+](=O)[O-])ccc1OCC(=O)Nc1nccs1)C(=O)Nc1sc2c(c1C#N)CCCC2. The Bertz CT molecular complexity index is 1480. The molecule has 0 spiro atoms. The van der Waals surface area contributed by atoms with Crippen LogP contribution in [0, 0.1) is 32.8 Å². The summed E-state index contributed by atoms with van der Waals surface area (Å²) < 4.78 is 5.53. The van der Waals surface area contributed by atoms with Crippen LogP contribution in [0.2, 0.25) is 0 Å². The van der Waals surface area contributed by atoms with Gasteiger partial charge in [-0.2, -0.15) is 10.5 Å². The number of aromatic nitrogens is 1. The van der Waals surface area contributed by atoms with Crippen molar-refractivity contribution in [2.24, 2.45) is 0 Å². The highest BCUT2D eigenvalue weighted by atomic mass is 32.1. The average molecular weight is 535 g/mol. The number of nitro groups is 1. The lowest BCUT2D eigenvalue weighted by Gasteiger charge is -2.10. The third-order valence-corrected chi connectivity index (χ3v) is 7.31. The highest BCUT2D eigenvalue weighted by Crippen LogP contribution is 2.38. The van der Waals surface area contributed by atoms with Crippen LogP contribution in [0.3, 0.4) is 0 Å². The molecule has 37 heavy (non-hydrogen) atoms. The zero-order valence-corrected chi connectivity index (χ0v) is 20.8. The van der Waals surface area contributed by atoms with Crippen molar-refractivity contribution in [1.82, 2.24) is 4.98 Å². The molecular formula is C24H18N6O5S2. The fourth-order valence-electron chi connectivity index (χ4n) is 3.72. The summed E-state index contributed by atoms with van der Waals surface area (Å²) in [5.74, 6) is -1.21. The summed E-state index contributed by atoms with van der Waals surface area (Å²) in [7, 11) is 0. The second-order valence-corrected chi connectivity index (χ2v) is 9.80. The van der Waals surface area contributed by atoms with E-state index in [-0.39, 0.29) is 22.6 Å². The Labute approximate surface area is 218 Å². The van der Waals surface area contributed by atoms with Crippen LogP contribution in [-0.4, -0.2) is 28.3 Å². The van der Waals surface area contributed by atoms with E-state index >= 15 is 0 Å². The lowest BCUT2D eigenvalue weighted by atomic mass is 9.96. The quantitative estimate of drug-likeness (QED) is 0.185. The van der Waals surface area contributed by atoms with Crippen molar-refractivity contribution in [2.75, 3.05) is 17.2 Å². The molecule has 1 aliphatic carbocycles. The predicted octanol–water partition coefficient (Wildman–Crippen LogP) is 4.43. The Hall–Kier alpha value is -4.59. The lowest BCUT2D eigenvalue weighted by molar-refractivity contribution is -0.384. The number of thiophene rings is 1. The number of rotatable bonds is 8. The van der Waals surface area contributed by atoms with Gasteiger partial charge in [-0.25, -0.2) is 4.98 Å². The van der Waals surface area contributed by atoms with Gasteiger partial charge in [-0.1, -0.05) is 0 Å². The van der Waals surface area contributed by atoms with Crippen LogP contribution in [0.15, 0.2) is 35.3 Å². The zero-order valence-electron chi connectivity index (χ0n) is 19.1. The molecule has 1 aromatic carbocycles. The van der Waals surface area contributed by atoms with E-state index in [1.807, 2.05) is 0 Å². The van der Waals surface area contributed by atoms with E-state index in [0.29, 0.717) is 15.7 Å². The molecule has 186 valence electrons. The Kier molecular flexibility index (Phi) is 7.88. The van der Waals surface area contributed by atoms with Gasteiger partial charge in [-0.3, -0.25) is 25.0 Å². The number of nitrogens with zero attached hydrogens (tertiary/aromatic N) is 4. The molecule has 0 bridgehead atoms. The predicted molar refractivity (Wildman–Crippen MR) is 137 cm³/mol. The number of thiazole rings is 1. The third kappa shape index (κ3) is 5.98. The van der Waals surface area contributed by atoms with Gasteiger partial charge < -0.3 is 10.1 Å². The van der Waals surface area contributed by atoms with Crippen LogP contribution < -0.4 is 15.4 Å². The molecular weight excluding hydrogens is 516 g/mol. The van der Waals surface area contributed by atoms with Crippen molar-refractivity contribution in [3.63, 3.8) is 0 Å². The molecule has 0 radical (unpaired) electrons. The van der Waals surface area contributed by atoms with Crippen LogP contribution in [0.25, 0.3) is 6.08 Å². The molecule has 4 rings (SSSR count). The molecule has 13 heteroatoms. The standard InChI is InChI=1S/C24H18N6O5S2/c25-11-15(22(32)29-23-18(12-26)17-3-1-2-4-20(17)37-23)9-14-10-16(30(33)34)5-6-19(14)35-13-21(31)28-24-27-7-8-36-24/h5-10H,1-4,13H2,(H,29,32)(H,27,28,31)/b15-9+. The fourth-order valence-corrected chi connectivity index (χ4v) is 5.50. The van der Waals surface area contributed by atoms with Crippen molar-refractivity contribution in [2.45, 2.75) is 25.7 Å². The summed E-state index contributed by atoms with van der Waals surface area (Å²) in [6.45, 7) is -0.432. The van der Waals surface area contributed by atoms with E-state index in [9.17, 15) is 30.2 Å². The number of fused-ring (bicyclic) bond motifs is 1. The Balaban J connectivity index is 1.58. The lowest BCUT2D eigenvalue weighted by Crippen LogP contribution is -2.20. The van der Waals surface area contributed by atoms with Crippen molar-refractivity contribution in [1.29, 1.82) is 10.5 Å². The first-order valence-corrected chi connectivity index (χ1v) is 12.7. The van der Waals surface area contributed by atoms with Crippen molar-refractivity contribution in [3.05, 3.63) is 67.0 Å². The van der Waals surface area contributed by atoms with Crippen molar-refractivity contribution >= 4 is 56.4 Å². The van der Waals surface area contributed by atoms with Crippen molar-refractivity contribution < 1.29 is 19.2 Å². The maximum atomic E-state index is 13.0. The minimum atomic E-state index is -0.767. The van der Waals surface area contributed by atoms with Crippen LogP contribution in [0.4, 0.5) is 15.8 Å². The second-order valence-electron chi connectivity index (χ2n) is 7.80. The summed E-state index contributed by atoms with van der Waals surface area (Å²) in [6.07, 6.45) is 6.24. The fraction of sp³-hybridized carbons (Fsp3) is 0.208. The largest absolute Gasteiger partial charge is 0.483 e. The number of hydrogen-bond acceptors (Lipinski definition) is 10. The van der Waals surface area contributed by atoms with E-state index < -0.39 is 23.3 Å². The number of nitrogens with one attached hydrogen (secondary N) is 2. The first-order valence-electron chi connectivity index (χ1n) is 11.0. The van der Waals surface area contributed by atoms with Gasteiger partial charge in [0.05, 0.1) is 10.5 Å². The van der Waals surface area contributed by atoms with Gasteiger partial charge in [0.2, 0.25) is 0 Å². The van der Waals surface area contributed by atoms with E-state index in [2.05, 4.69) is 21.7 Å². The number of carbonyl (C=O) groups excluding carboxylic acids is 2. The molecule has 2 aromatic heterocycles. The zero-order chi connectivity index (χ0) is 26.4. The minimum Gasteiger partial charge on any atom is -0.483 e. The van der Waals surface area contributed by atoms with E-state index in [1.54, 1.807) is 11.4 Å². The summed E-state index contributed by atoms with van der Waals surface area (Å²) in [5, 5.41) is 38.2. The first kappa shape index (κ1) is 25.5. The second kappa shape index (κ2) is 11.4. The van der Waals surface area contributed by atoms with Gasteiger partial charge in [-0.05, 0) is 43.4 Å². The van der Waals surface area contributed by atoms with Crippen LogP contribution in [-0.2, 0) is 22.4 Å². The first-order chi connectivity index (χ1) is 17.9. The number of ether oxygens (including phenoxy) is 1. The molecule has 3 aromatic rings. The highest BCUT2D eigenvalue weighted by molar-refractivity contribution is 7.16. The number of carbonyl (C=O) groups is 2. The third-order valence-electron chi connectivity index (χ3n) is 5.42. The molecule has 11 nitrogen and oxygen atoms in total. The smallest absolute Gasteiger partial charge is 0.270 e. The summed E-state index contributed by atoms with van der Waals surface area (Å²) in [5.41, 5.74) is 0.751. The number of non-ortho nitro benzene ring substituents is 1. The van der Waals surface area contributed by atoms with Gasteiger partial charge in [0, 0.05) is 34.2 Å². The Morgan fingerprint density at radius 3 is 2.76 bits per heavy atom. The molecule has 0 atom stereocenters. The van der Waals surface area contributed by atoms with Crippen LogP contribution >= 0.6 is 22.7 Å². The maximum absolute atomic E-state index is 13.0. The molecule has 0 fully saturated rings. The monoisotopic (exact) mass is 534 g/mol. The molecule has 0 unspecified atom stereocenters. The van der Waals surface area contributed by atoms with Crippen LogP contribution in [0.1, 0.15) is 34.4 Å². The summed E-state index contributed by atoms with van der Waals surface area (Å²) in [6, 6.07) is 7.56. The normalized spacial score (nSPS) is 12.5. The molecule has 0 aliphatic heterocycles. The van der Waals surface area contributed by atoms with Crippen molar-refractivity contribution in [3.8, 4) is 17.9 Å². The Morgan fingerprint density at radius 1 is 1.24 bits per heavy atom. The number of anilines is 2. The summed E-state index contributed by atoms with van der Waals surface area (Å²) in [4.78, 5) is 40.8. The number of nitro benzene ring substituents is 1. The number of benzene rings is 1. The van der Waals surface area contributed by atoms with Crippen LogP contribution in [0.5, 0.6) is 5.75 Å². The Morgan fingerprint density at radius 2 is 2.05 bits per heavy atom. The van der Waals surface area contributed by atoms with E-state index in [1.165, 1.54) is 41.0 Å². The topological polar surface area (TPSA) is 171 Å². The van der Waals surface area contributed by atoms with Gasteiger partial charge >= 0.3 is 0 Å². The van der Waals surface area contributed by atoms with Gasteiger partial charge in [0.15, 0.2) is 11.7 Å². The number of nitriles is 2. The summed E-state index contributed by atoms with van der Waals surface area (Å²) >= 11 is 2.54. The minimum absolute atomic E-state index is 0.0599. The maximum Gasteiger partial charge on any atom is 0.270 e. The van der Waals surface area contributed by atoms with Gasteiger partial charge in [0.25, 0.3) is 17.5 Å². The molecule has 2 amide bonds. The molecule has 2 N–H and O–H groups in total. The molecule has 0 saturated heterocycles. The van der Waals surface area contributed by atoms with Gasteiger partial charge in [0.1, 0.15) is 28.5 Å². The number of amides is 2. The molecule has 0 saturated carbocycles. The number of hydrogen-bond donors (Lipinski definition) is 2. The molecule has 1 aliphatic rings.